The molecule has 0 heterocycles. The van der Waals surface area contributed by atoms with E-state index in [4.69, 9.17) is 28.4 Å². The average molecular weight is 389 g/mol. The second kappa shape index (κ2) is 9.77. The Morgan fingerprint density at radius 3 is 1.44 bits per heavy atom. The number of rotatable bonds is 1. The topological polar surface area (TPSA) is 90.7 Å². The van der Waals surface area contributed by atoms with Gasteiger partial charge < -0.3 is 26.0 Å². The van der Waals surface area contributed by atoms with Crippen LogP contribution in [0.15, 0.2) is 12.1 Å². The summed E-state index contributed by atoms with van der Waals surface area (Å²) in [5, 5.41) is 10.6. The summed E-state index contributed by atoms with van der Waals surface area (Å²) in [4.78, 5) is 0. The van der Waals surface area contributed by atoms with Gasteiger partial charge in [-0.2, -0.15) is 0 Å². The van der Waals surface area contributed by atoms with Crippen molar-refractivity contribution in [2.45, 2.75) is 59.8 Å². The molecule has 0 fully saturated rings. The van der Waals surface area contributed by atoms with Gasteiger partial charge in [-0.25, -0.2) is 0 Å². The minimum absolute atomic E-state index is 0. The Labute approximate surface area is 162 Å². The SMILES string of the molecule is C.CC(C)(C)c1cc(OC(N)=S)cc(C(C)(C)C)c1O.COC(N)=S. The number of phenols is 1. The minimum Gasteiger partial charge on any atom is -0.507 e. The fourth-order valence-electron chi connectivity index (χ4n) is 1.93. The Hall–Kier alpha value is -1.60. The van der Waals surface area contributed by atoms with E-state index in [1.54, 1.807) is 12.1 Å². The van der Waals surface area contributed by atoms with E-state index in [9.17, 15) is 5.11 Å². The van der Waals surface area contributed by atoms with Crippen molar-refractivity contribution in [1.29, 1.82) is 0 Å². The molecule has 0 aliphatic carbocycles. The number of methoxy groups -OCH3 is 1. The molecule has 5 nitrogen and oxygen atoms in total. The molecular formula is C18H32N2O3S2. The van der Waals surface area contributed by atoms with E-state index in [1.165, 1.54) is 7.11 Å². The predicted molar refractivity (Wildman–Crippen MR) is 113 cm³/mol. The highest BCUT2D eigenvalue weighted by molar-refractivity contribution is 7.80. The normalized spacial score (nSPS) is 10.7. The average Bonchev–Trinajstić information content (AvgIpc) is 2.38. The molecule has 25 heavy (non-hydrogen) atoms. The smallest absolute Gasteiger partial charge is 0.259 e. The van der Waals surface area contributed by atoms with Crippen LogP contribution in [0.3, 0.4) is 0 Å². The van der Waals surface area contributed by atoms with Crippen LogP contribution in [0, 0.1) is 0 Å². The van der Waals surface area contributed by atoms with Crippen LogP contribution < -0.4 is 16.2 Å². The van der Waals surface area contributed by atoms with Crippen LogP contribution in [0.2, 0.25) is 0 Å². The monoisotopic (exact) mass is 388 g/mol. The maximum absolute atomic E-state index is 10.5. The zero-order valence-electron chi connectivity index (χ0n) is 15.4. The van der Waals surface area contributed by atoms with Crippen LogP contribution in [-0.2, 0) is 15.6 Å². The van der Waals surface area contributed by atoms with E-state index in [1.807, 2.05) is 41.5 Å². The van der Waals surface area contributed by atoms with Gasteiger partial charge in [0, 0.05) is 11.1 Å². The van der Waals surface area contributed by atoms with Gasteiger partial charge >= 0.3 is 0 Å². The lowest BCUT2D eigenvalue weighted by molar-refractivity contribution is 0.408. The first kappa shape index (κ1) is 25.6. The highest BCUT2D eigenvalue weighted by atomic mass is 32.1. The fourth-order valence-corrected chi connectivity index (χ4v) is 2.02. The first-order valence-corrected chi connectivity index (χ1v) is 8.20. The van der Waals surface area contributed by atoms with Gasteiger partial charge in [-0.05, 0) is 47.4 Å². The molecule has 0 aliphatic rings. The second-order valence-corrected chi connectivity index (χ2v) is 8.12. The number of aromatic hydroxyl groups is 1. The number of benzene rings is 1. The summed E-state index contributed by atoms with van der Waals surface area (Å²) in [5.41, 5.74) is 11.5. The summed E-state index contributed by atoms with van der Waals surface area (Å²) in [7, 11) is 1.43. The summed E-state index contributed by atoms with van der Waals surface area (Å²) in [6, 6.07) is 3.59. The summed E-state index contributed by atoms with van der Waals surface area (Å²) in [5.74, 6) is 0.885. The van der Waals surface area contributed by atoms with E-state index < -0.39 is 0 Å². The lowest BCUT2D eigenvalue weighted by Crippen LogP contribution is -2.20. The largest absolute Gasteiger partial charge is 0.507 e. The summed E-state index contributed by atoms with van der Waals surface area (Å²) in [6.45, 7) is 12.2. The number of phenolic OH excluding ortho intramolecular Hbond substituents is 1. The molecule has 144 valence electrons. The lowest BCUT2D eigenvalue weighted by Gasteiger charge is -2.27. The molecule has 1 aromatic carbocycles. The quantitative estimate of drug-likeness (QED) is 0.623. The zero-order valence-corrected chi connectivity index (χ0v) is 17.0. The van der Waals surface area contributed by atoms with Crippen molar-refractivity contribution >= 4 is 34.8 Å². The molecule has 1 aromatic rings. The maximum Gasteiger partial charge on any atom is 0.259 e. The van der Waals surface area contributed by atoms with Gasteiger partial charge in [0.2, 0.25) is 0 Å². The van der Waals surface area contributed by atoms with Crippen LogP contribution >= 0.6 is 24.4 Å². The van der Waals surface area contributed by atoms with Crippen molar-refractivity contribution in [1.82, 2.24) is 0 Å². The maximum atomic E-state index is 10.5. The Balaban J connectivity index is 0. The second-order valence-electron chi connectivity index (χ2n) is 7.31. The Kier molecular flexibility index (Phi) is 10.0. The van der Waals surface area contributed by atoms with Crippen LogP contribution in [-0.4, -0.2) is 22.6 Å². The highest BCUT2D eigenvalue weighted by Gasteiger charge is 2.27. The minimum atomic E-state index is -0.195. The van der Waals surface area contributed by atoms with Crippen LogP contribution in [0.4, 0.5) is 0 Å². The van der Waals surface area contributed by atoms with Gasteiger partial charge in [-0.15, -0.1) is 0 Å². The Bertz CT molecular complexity index is 568. The zero-order chi connectivity index (χ0) is 19.3. The van der Waals surface area contributed by atoms with E-state index in [2.05, 4.69) is 17.0 Å². The fraction of sp³-hybridized carbons (Fsp3) is 0.556. The molecule has 0 aromatic heterocycles. The van der Waals surface area contributed by atoms with E-state index in [-0.39, 0.29) is 28.6 Å². The molecule has 0 atom stereocenters. The molecule has 0 radical (unpaired) electrons. The van der Waals surface area contributed by atoms with Crippen LogP contribution in [0.25, 0.3) is 0 Å². The molecule has 0 saturated carbocycles. The summed E-state index contributed by atoms with van der Waals surface area (Å²) < 4.78 is 9.60. The van der Waals surface area contributed by atoms with E-state index in [0.29, 0.717) is 11.5 Å². The van der Waals surface area contributed by atoms with Gasteiger partial charge in [-0.1, -0.05) is 49.0 Å². The predicted octanol–water partition coefficient (Wildman–Crippen LogP) is 4.12. The Morgan fingerprint density at radius 2 is 1.24 bits per heavy atom. The molecule has 0 amide bonds. The number of thiocarbonyl (C=S) groups is 2. The number of nitrogens with two attached hydrogens (primary N) is 2. The van der Waals surface area contributed by atoms with Crippen molar-refractivity contribution in [3.63, 3.8) is 0 Å². The van der Waals surface area contributed by atoms with Crippen molar-refractivity contribution in [2.24, 2.45) is 11.5 Å². The van der Waals surface area contributed by atoms with Gasteiger partial charge in [-0.3, -0.25) is 0 Å². The lowest BCUT2D eigenvalue weighted by atomic mass is 9.79. The van der Waals surface area contributed by atoms with Crippen molar-refractivity contribution in [2.75, 3.05) is 7.11 Å². The summed E-state index contributed by atoms with van der Waals surface area (Å²) in [6.07, 6.45) is 0. The van der Waals surface area contributed by atoms with Crippen molar-refractivity contribution in [3.05, 3.63) is 23.3 Å². The molecule has 0 aliphatic heterocycles. The molecule has 0 bridgehead atoms. The van der Waals surface area contributed by atoms with Gasteiger partial charge in [0.05, 0.1) is 7.11 Å². The molecule has 0 saturated heterocycles. The Morgan fingerprint density at radius 1 is 0.920 bits per heavy atom. The standard InChI is InChI=1S/C15H23NO2S.C2H5NOS.CH4/c1-14(2,3)10-7-9(18-13(16)19)8-11(12(10)17)15(4,5)6;1-4-2(3)5;/h7-8,17H,1-6H3,(H2,16,19);1H3,(H2,3,5);1H4. The molecule has 7 heteroatoms. The number of ether oxygens (including phenoxy) is 2. The molecule has 1 rings (SSSR count). The van der Waals surface area contributed by atoms with Crippen molar-refractivity contribution < 1.29 is 14.6 Å². The van der Waals surface area contributed by atoms with Gasteiger partial charge in [0.25, 0.3) is 10.3 Å². The third-order valence-corrected chi connectivity index (χ3v) is 3.37. The third kappa shape index (κ3) is 8.88. The van der Waals surface area contributed by atoms with Crippen molar-refractivity contribution in [3.8, 4) is 11.5 Å². The third-order valence-electron chi connectivity index (χ3n) is 3.12. The van der Waals surface area contributed by atoms with E-state index >= 15 is 0 Å². The van der Waals surface area contributed by atoms with Gasteiger partial charge in [0.15, 0.2) is 0 Å². The number of hydrogen-bond donors (Lipinski definition) is 3. The van der Waals surface area contributed by atoms with Crippen LogP contribution in [0.1, 0.15) is 60.1 Å². The van der Waals surface area contributed by atoms with Crippen LogP contribution in [0.5, 0.6) is 11.5 Å². The van der Waals surface area contributed by atoms with E-state index in [0.717, 1.165) is 11.1 Å². The first-order valence-electron chi connectivity index (χ1n) is 7.38. The highest BCUT2D eigenvalue weighted by Crippen LogP contribution is 2.41. The number of hydrogen-bond acceptors (Lipinski definition) is 5. The first-order chi connectivity index (χ1) is 10.7. The molecule has 5 N–H and O–H groups in total. The summed E-state index contributed by atoms with van der Waals surface area (Å²) >= 11 is 9.03. The molecule has 0 unspecified atom stereocenters. The molecular weight excluding hydrogens is 356 g/mol. The van der Waals surface area contributed by atoms with Gasteiger partial charge in [0.1, 0.15) is 11.5 Å². The molecule has 0 spiro atoms.